The molecule has 0 radical (unpaired) electrons. The average Bonchev–Trinajstić information content (AvgIpc) is 2.42. The van der Waals surface area contributed by atoms with E-state index in [9.17, 15) is 4.79 Å². The second kappa shape index (κ2) is 6.04. The van der Waals surface area contributed by atoms with Crippen LogP contribution in [-0.4, -0.2) is 23.2 Å². The summed E-state index contributed by atoms with van der Waals surface area (Å²) >= 11 is 0. The van der Waals surface area contributed by atoms with Gasteiger partial charge in [-0.15, -0.1) is 0 Å². The highest BCUT2D eigenvalue weighted by molar-refractivity contribution is 5.63. The number of rotatable bonds is 5. The topological polar surface area (TPSA) is 64.2 Å². The van der Waals surface area contributed by atoms with E-state index in [1.807, 2.05) is 32.0 Å². The SMILES string of the molecule is CCOc1ccc(-c2c[nH]c(=O)cn2)cc1OCC. The van der Waals surface area contributed by atoms with Crippen molar-refractivity contribution in [2.75, 3.05) is 13.2 Å². The fourth-order valence-corrected chi connectivity index (χ4v) is 1.71. The molecule has 1 heterocycles. The molecule has 1 N–H and O–H groups in total. The minimum Gasteiger partial charge on any atom is -0.490 e. The molecule has 0 amide bonds. The summed E-state index contributed by atoms with van der Waals surface area (Å²) in [5.41, 5.74) is 1.33. The predicted octanol–water partition coefficient (Wildman–Crippen LogP) is 2.23. The van der Waals surface area contributed by atoms with E-state index < -0.39 is 0 Å². The summed E-state index contributed by atoms with van der Waals surface area (Å²) in [5.74, 6) is 1.38. The maximum Gasteiger partial charge on any atom is 0.266 e. The first-order chi connectivity index (χ1) is 9.24. The molecule has 0 saturated heterocycles. The molecule has 0 aliphatic rings. The van der Waals surface area contributed by atoms with Crippen LogP contribution in [0.25, 0.3) is 11.3 Å². The number of hydrogen-bond acceptors (Lipinski definition) is 4. The number of aromatic nitrogens is 2. The molecule has 0 aliphatic heterocycles. The van der Waals surface area contributed by atoms with E-state index in [1.54, 1.807) is 6.20 Å². The van der Waals surface area contributed by atoms with Gasteiger partial charge in [-0.25, -0.2) is 4.98 Å². The van der Waals surface area contributed by atoms with Gasteiger partial charge in [0.2, 0.25) is 0 Å². The lowest BCUT2D eigenvalue weighted by Gasteiger charge is -2.12. The Balaban J connectivity index is 2.39. The van der Waals surface area contributed by atoms with Crippen molar-refractivity contribution in [3.8, 4) is 22.8 Å². The van der Waals surface area contributed by atoms with Crippen LogP contribution < -0.4 is 15.0 Å². The molecule has 0 aliphatic carbocycles. The van der Waals surface area contributed by atoms with Crippen LogP contribution >= 0.6 is 0 Å². The highest BCUT2D eigenvalue weighted by atomic mass is 16.5. The molecular formula is C14H16N2O3. The molecule has 0 atom stereocenters. The van der Waals surface area contributed by atoms with E-state index in [-0.39, 0.29) is 5.56 Å². The van der Waals surface area contributed by atoms with Gasteiger partial charge in [0, 0.05) is 11.8 Å². The number of ether oxygens (including phenoxy) is 2. The van der Waals surface area contributed by atoms with Crippen molar-refractivity contribution >= 4 is 0 Å². The van der Waals surface area contributed by atoms with Crippen LogP contribution in [0.3, 0.4) is 0 Å². The Morgan fingerprint density at radius 2 is 1.89 bits per heavy atom. The Labute approximate surface area is 111 Å². The summed E-state index contributed by atoms with van der Waals surface area (Å²) in [6.07, 6.45) is 2.83. The molecule has 5 heteroatoms. The van der Waals surface area contributed by atoms with Crippen molar-refractivity contribution < 1.29 is 9.47 Å². The van der Waals surface area contributed by atoms with Crippen molar-refractivity contribution in [2.24, 2.45) is 0 Å². The molecule has 0 saturated carbocycles. The van der Waals surface area contributed by atoms with Crippen LogP contribution in [0.15, 0.2) is 35.4 Å². The zero-order valence-corrected chi connectivity index (χ0v) is 11.0. The summed E-state index contributed by atoms with van der Waals surface area (Å²) in [5, 5.41) is 0. The minimum atomic E-state index is -0.222. The predicted molar refractivity (Wildman–Crippen MR) is 72.6 cm³/mol. The molecule has 2 aromatic rings. The van der Waals surface area contributed by atoms with Gasteiger partial charge in [0.15, 0.2) is 11.5 Å². The zero-order chi connectivity index (χ0) is 13.7. The number of aromatic amines is 1. The summed E-state index contributed by atoms with van der Waals surface area (Å²) in [6, 6.07) is 5.58. The first kappa shape index (κ1) is 13.1. The van der Waals surface area contributed by atoms with Crippen LogP contribution in [0.2, 0.25) is 0 Å². The van der Waals surface area contributed by atoms with Crippen molar-refractivity contribution in [2.45, 2.75) is 13.8 Å². The van der Waals surface area contributed by atoms with Gasteiger partial charge < -0.3 is 14.5 Å². The van der Waals surface area contributed by atoms with Gasteiger partial charge in [-0.1, -0.05) is 0 Å². The van der Waals surface area contributed by atoms with Gasteiger partial charge in [-0.3, -0.25) is 4.79 Å². The number of H-pyrrole nitrogens is 1. The third kappa shape index (κ3) is 3.13. The lowest BCUT2D eigenvalue weighted by atomic mass is 10.1. The molecule has 1 aromatic heterocycles. The molecule has 0 bridgehead atoms. The van der Waals surface area contributed by atoms with E-state index in [4.69, 9.17) is 9.47 Å². The third-order valence-electron chi connectivity index (χ3n) is 2.51. The fourth-order valence-electron chi connectivity index (χ4n) is 1.71. The first-order valence-electron chi connectivity index (χ1n) is 6.19. The Kier molecular flexibility index (Phi) is 4.18. The van der Waals surface area contributed by atoms with Gasteiger partial charge in [0.25, 0.3) is 5.56 Å². The smallest absolute Gasteiger partial charge is 0.266 e. The summed E-state index contributed by atoms with van der Waals surface area (Å²) in [7, 11) is 0. The quantitative estimate of drug-likeness (QED) is 0.895. The van der Waals surface area contributed by atoms with Crippen LogP contribution in [0.4, 0.5) is 0 Å². The van der Waals surface area contributed by atoms with Crippen LogP contribution in [0, 0.1) is 0 Å². The lowest BCUT2D eigenvalue weighted by molar-refractivity contribution is 0.288. The summed E-state index contributed by atoms with van der Waals surface area (Å²) in [4.78, 5) is 17.7. The van der Waals surface area contributed by atoms with E-state index in [0.29, 0.717) is 30.4 Å². The van der Waals surface area contributed by atoms with Crippen molar-refractivity contribution in [3.63, 3.8) is 0 Å². The van der Waals surface area contributed by atoms with Gasteiger partial charge >= 0.3 is 0 Å². The molecular weight excluding hydrogens is 244 g/mol. The molecule has 19 heavy (non-hydrogen) atoms. The average molecular weight is 260 g/mol. The van der Waals surface area contributed by atoms with E-state index in [1.165, 1.54) is 6.20 Å². The maximum atomic E-state index is 11.0. The van der Waals surface area contributed by atoms with Crippen LogP contribution in [0.1, 0.15) is 13.8 Å². The standard InChI is InChI=1S/C14H16N2O3/c1-3-18-12-6-5-10(7-13(12)19-4-2)11-8-16-14(17)9-15-11/h5-9H,3-4H2,1-2H3,(H,16,17). The third-order valence-corrected chi connectivity index (χ3v) is 2.51. The van der Waals surface area contributed by atoms with E-state index in [2.05, 4.69) is 9.97 Å². The van der Waals surface area contributed by atoms with E-state index in [0.717, 1.165) is 5.56 Å². The van der Waals surface area contributed by atoms with Crippen molar-refractivity contribution in [3.05, 3.63) is 40.9 Å². The summed E-state index contributed by atoms with van der Waals surface area (Å²) in [6.45, 7) is 4.98. The summed E-state index contributed by atoms with van der Waals surface area (Å²) < 4.78 is 11.0. The van der Waals surface area contributed by atoms with Gasteiger partial charge in [0.05, 0.1) is 25.1 Å². The monoisotopic (exact) mass is 260 g/mol. The van der Waals surface area contributed by atoms with Crippen molar-refractivity contribution in [1.82, 2.24) is 9.97 Å². The molecule has 5 nitrogen and oxygen atoms in total. The number of benzene rings is 1. The number of nitrogens with one attached hydrogen (secondary N) is 1. The molecule has 2 rings (SSSR count). The normalized spacial score (nSPS) is 10.2. The number of hydrogen-bond donors (Lipinski definition) is 1. The van der Waals surface area contributed by atoms with Crippen LogP contribution in [0.5, 0.6) is 11.5 Å². The van der Waals surface area contributed by atoms with Gasteiger partial charge in [-0.05, 0) is 32.0 Å². The largest absolute Gasteiger partial charge is 0.490 e. The Morgan fingerprint density at radius 1 is 1.16 bits per heavy atom. The number of nitrogens with zero attached hydrogens (tertiary/aromatic N) is 1. The molecule has 0 fully saturated rings. The molecule has 100 valence electrons. The van der Waals surface area contributed by atoms with Crippen LogP contribution in [-0.2, 0) is 0 Å². The molecule has 0 spiro atoms. The fraction of sp³-hybridized carbons (Fsp3) is 0.286. The highest BCUT2D eigenvalue weighted by Gasteiger charge is 2.08. The first-order valence-corrected chi connectivity index (χ1v) is 6.19. The lowest BCUT2D eigenvalue weighted by Crippen LogP contribution is -2.04. The zero-order valence-electron chi connectivity index (χ0n) is 11.0. The second-order valence-electron chi connectivity index (χ2n) is 3.82. The minimum absolute atomic E-state index is 0.222. The Hall–Kier alpha value is -2.30. The Bertz CT molecular complexity index is 587. The molecule has 0 unspecified atom stereocenters. The molecule has 1 aromatic carbocycles. The van der Waals surface area contributed by atoms with Crippen molar-refractivity contribution in [1.29, 1.82) is 0 Å². The van der Waals surface area contributed by atoms with E-state index >= 15 is 0 Å². The van der Waals surface area contributed by atoms with Gasteiger partial charge in [0.1, 0.15) is 0 Å². The Morgan fingerprint density at radius 3 is 2.53 bits per heavy atom. The van der Waals surface area contributed by atoms with Gasteiger partial charge in [-0.2, -0.15) is 0 Å². The maximum absolute atomic E-state index is 11.0. The highest BCUT2D eigenvalue weighted by Crippen LogP contribution is 2.31. The second-order valence-corrected chi connectivity index (χ2v) is 3.82.